The van der Waals surface area contributed by atoms with Crippen molar-refractivity contribution in [1.82, 2.24) is 9.62 Å². The number of hydrogen-bond donors (Lipinski definition) is 1. The maximum Gasteiger partial charge on any atom is 0.219 e. The molecule has 106 valence electrons. The van der Waals surface area contributed by atoms with Crippen LogP contribution in [0.4, 0.5) is 0 Å². The summed E-state index contributed by atoms with van der Waals surface area (Å²) in [6, 6.07) is 1.24. The number of rotatable bonds is 3. The second-order valence-corrected chi connectivity index (χ2v) is 9.23. The van der Waals surface area contributed by atoms with Crippen LogP contribution in [0.2, 0.25) is 0 Å². The molecule has 1 N–H and O–H groups in total. The van der Waals surface area contributed by atoms with Gasteiger partial charge < -0.3 is 5.32 Å². The minimum atomic E-state index is -3.20. The third-order valence-corrected chi connectivity index (χ3v) is 6.97. The lowest BCUT2D eigenvalue weighted by Gasteiger charge is -2.39. The molecule has 5 heteroatoms. The predicted octanol–water partition coefficient (Wildman–Crippen LogP) is 1.72. The molecule has 0 spiro atoms. The van der Waals surface area contributed by atoms with Crippen LogP contribution in [0.3, 0.4) is 0 Å². The van der Waals surface area contributed by atoms with Gasteiger partial charge in [0.2, 0.25) is 10.0 Å². The number of fused-ring (bicyclic) bond motifs is 2. The highest BCUT2D eigenvalue weighted by Gasteiger charge is 2.43. The zero-order chi connectivity index (χ0) is 13.6. The largest absolute Gasteiger partial charge is 0.311 e. The van der Waals surface area contributed by atoms with Crippen LogP contribution in [0.1, 0.15) is 53.4 Å². The van der Waals surface area contributed by atoms with Crippen molar-refractivity contribution in [3.05, 3.63) is 0 Å². The van der Waals surface area contributed by atoms with E-state index >= 15 is 0 Å². The number of piperidine rings is 1. The van der Waals surface area contributed by atoms with Crippen LogP contribution in [0.15, 0.2) is 0 Å². The van der Waals surface area contributed by atoms with Crippen LogP contribution >= 0.6 is 0 Å². The highest BCUT2D eigenvalue weighted by Crippen LogP contribution is 2.33. The summed E-state index contributed by atoms with van der Waals surface area (Å²) in [6.07, 6.45) is 4.35. The minimum absolute atomic E-state index is 0.193. The van der Waals surface area contributed by atoms with E-state index in [1.807, 2.05) is 6.92 Å². The average Bonchev–Trinajstić information content (AvgIpc) is 2.57. The second kappa shape index (κ2) is 4.76. The molecule has 2 heterocycles. The monoisotopic (exact) mass is 274 g/mol. The van der Waals surface area contributed by atoms with Gasteiger partial charge in [-0.1, -0.05) is 6.92 Å². The Morgan fingerprint density at radius 3 is 2.06 bits per heavy atom. The van der Waals surface area contributed by atoms with Crippen molar-refractivity contribution in [2.45, 2.75) is 76.3 Å². The third-order valence-electron chi connectivity index (χ3n) is 4.25. The highest BCUT2D eigenvalue weighted by molar-refractivity contribution is 7.90. The van der Waals surface area contributed by atoms with Crippen LogP contribution in [-0.4, -0.2) is 42.1 Å². The minimum Gasteiger partial charge on any atom is -0.311 e. The molecule has 2 aliphatic rings. The van der Waals surface area contributed by atoms with Gasteiger partial charge >= 0.3 is 0 Å². The van der Waals surface area contributed by atoms with Gasteiger partial charge in [-0.05, 0) is 46.5 Å². The van der Waals surface area contributed by atoms with Crippen molar-refractivity contribution >= 4 is 10.0 Å². The number of hydrogen-bond acceptors (Lipinski definition) is 3. The Morgan fingerprint density at radius 1 is 1.17 bits per heavy atom. The molecule has 0 radical (unpaired) electrons. The van der Waals surface area contributed by atoms with E-state index in [0.717, 1.165) is 12.8 Å². The fourth-order valence-corrected chi connectivity index (χ4v) is 4.85. The van der Waals surface area contributed by atoms with Gasteiger partial charge in [-0.15, -0.1) is 0 Å². The normalized spacial score (nSPS) is 33.1. The van der Waals surface area contributed by atoms with Crippen molar-refractivity contribution in [3.8, 4) is 0 Å². The first-order chi connectivity index (χ1) is 8.25. The molecule has 2 saturated heterocycles. The fraction of sp³-hybridized carbons (Fsp3) is 1.00. The van der Waals surface area contributed by atoms with Gasteiger partial charge in [0, 0.05) is 24.7 Å². The number of sulfonamides is 1. The van der Waals surface area contributed by atoms with E-state index in [2.05, 4.69) is 5.32 Å². The predicted molar refractivity (Wildman–Crippen MR) is 74.0 cm³/mol. The third kappa shape index (κ3) is 2.45. The highest BCUT2D eigenvalue weighted by atomic mass is 32.2. The molecular weight excluding hydrogens is 248 g/mol. The standard InChI is InChI=1S/C13H26N2O2S/c1-5-15(18(16,17)13(2,3)4)12-8-10-6-7-11(9-12)14-10/h10-12,14H,5-9H2,1-4H3. The molecule has 4 nitrogen and oxygen atoms in total. The molecule has 2 fully saturated rings. The first-order valence-corrected chi connectivity index (χ1v) is 8.47. The lowest BCUT2D eigenvalue weighted by atomic mass is 10.00. The SMILES string of the molecule is CCN(C1CC2CCC(C1)N2)S(=O)(=O)C(C)(C)C. The molecule has 2 aliphatic heterocycles. The molecule has 0 aromatic heterocycles. The van der Waals surface area contributed by atoms with Crippen LogP contribution in [-0.2, 0) is 10.0 Å². The summed E-state index contributed by atoms with van der Waals surface area (Å²) < 4.78 is 26.3. The molecule has 2 rings (SSSR count). The van der Waals surface area contributed by atoms with E-state index in [1.165, 1.54) is 12.8 Å². The summed E-state index contributed by atoms with van der Waals surface area (Å²) in [5, 5.41) is 3.57. The molecule has 2 unspecified atom stereocenters. The Balaban J connectivity index is 2.19. The zero-order valence-corrected chi connectivity index (χ0v) is 12.8. The van der Waals surface area contributed by atoms with E-state index in [-0.39, 0.29) is 6.04 Å². The van der Waals surface area contributed by atoms with Gasteiger partial charge in [-0.3, -0.25) is 0 Å². The van der Waals surface area contributed by atoms with Gasteiger partial charge in [-0.2, -0.15) is 4.31 Å². The molecule has 0 aromatic rings. The molecule has 2 atom stereocenters. The first kappa shape index (κ1) is 14.3. The lowest BCUT2D eigenvalue weighted by molar-refractivity contribution is 0.228. The Bertz CT molecular complexity index is 388. The molecule has 0 saturated carbocycles. The maximum atomic E-state index is 12.6. The van der Waals surface area contributed by atoms with E-state index in [9.17, 15) is 8.42 Å². The molecule has 18 heavy (non-hydrogen) atoms. The molecular formula is C13H26N2O2S. The Morgan fingerprint density at radius 2 is 1.67 bits per heavy atom. The van der Waals surface area contributed by atoms with Crippen LogP contribution in [0, 0.1) is 0 Å². The van der Waals surface area contributed by atoms with Crippen LogP contribution in [0.25, 0.3) is 0 Å². The van der Waals surface area contributed by atoms with E-state index < -0.39 is 14.8 Å². The van der Waals surface area contributed by atoms with Crippen LogP contribution < -0.4 is 5.32 Å². The zero-order valence-electron chi connectivity index (χ0n) is 11.9. The van der Waals surface area contributed by atoms with Gasteiger partial charge in [0.25, 0.3) is 0 Å². The summed E-state index contributed by atoms with van der Waals surface area (Å²) >= 11 is 0. The maximum absolute atomic E-state index is 12.6. The summed E-state index contributed by atoms with van der Waals surface area (Å²) in [6.45, 7) is 7.92. The lowest BCUT2D eigenvalue weighted by Crippen LogP contribution is -2.53. The quantitative estimate of drug-likeness (QED) is 0.852. The van der Waals surface area contributed by atoms with Gasteiger partial charge in [0.05, 0.1) is 4.75 Å². The van der Waals surface area contributed by atoms with Crippen LogP contribution in [0.5, 0.6) is 0 Å². The average molecular weight is 274 g/mol. The Hall–Kier alpha value is -0.130. The van der Waals surface area contributed by atoms with E-state index in [4.69, 9.17) is 0 Å². The van der Waals surface area contributed by atoms with Crippen molar-refractivity contribution < 1.29 is 8.42 Å². The summed E-state index contributed by atoms with van der Waals surface area (Å²) in [5.74, 6) is 0. The van der Waals surface area contributed by atoms with Gasteiger partial charge in [-0.25, -0.2) is 8.42 Å². The summed E-state index contributed by atoms with van der Waals surface area (Å²) in [7, 11) is -3.20. The van der Waals surface area contributed by atoms with E-state index in [0.29, 0.717) is 18.6 Å². The molecule has 0 aliphatic carbocycles. The topological polar surface area (TPSA) is 49.4 Å². The van der Waals surface area contributed by atoms with Crippen molar-refractivity contribution in [2.75, 3.05) is 6.54 Å². The fourth-order valence-electron chi connectivity index (χ4n) is 3.24. The summed E-state index contributed by atoms with van der Waals surface area (Å²) in [4.78, 5) is 0. The molecule has 0 aromatic carbocycles. The van der Waals surface area contributed by atoms with Crippen molar-refractivity contribution in [1.29, 1.82) is 0 Å². The molecule has 2 bridgehead atoms. The smallest absolute Gasteiger partial charge is 0.219 e. The van der Waals surface area contributed by atoms with Crippen molar-refractivity contribution in [3.63, 3.8) is 0 Å². The van der Waals surface area contributed by atoms with Gasteiger partial charge in [0.15, 0.2) is 0 Å². The van der Waals surface area contributed by atoms with Gasteiger partial charge in [0.1, 0.15) is 0 Å². The first-order valence-electron chi connectivity index (χ1n) is 7.03. The number of nitrogens with zero attached hydrogens (tertiary/aromatic N) is 1. The summed E-state index contributed by atoms with van der Waals surface area (Å²) in [5.41, 5.74) is 0. The molecule has 0 amide bonds. The Kier molecular flexibility index (Phi) is 3.78. The second-order valence-electron chi connectivity index (χ2n) is 6.58. The van der Waals surface area contributed by atoms with E-state index in [1.54, 1.807) is 25.1 Å². The Labute approximate surface area is 111 Å². The van der Waals surface area contributed by atoms with Crippen molar-refractivity contribution in [2.24, 2.45) is 0 Å². The number of nitrogens with one attached hydrogen (secondary N) is 1.